The van der Waals surface area contributed by atoms with E-state index in [1.807, 2.05) is 6.20 Å². The molecule has 1 fully saturated rings. The third-order valence-corrected chi connectivity index (χ3v) is 5.21. The zero-order valence-corrected chi connectivity index (χ0v) is 15.4. The van der Waals surface area contributed by atoms with E-state index in [0.717, 1.165) is 31.3 Å². The number of aromatic nitrogens is 4. The molecular formula is C19H23N5O3. The van der Waals surface area contributed by atoms with E-state index in [1.165, 1.54) is 23.4 Å². The van der Waals surface area contributed by atoms with Crippen LogP contribution in [0.1, 0.15) is 25.3 Å². The summed E-state index contributed by atoms with van der Waals surface area (Å²) in [6.07, 6.45) is 8.25. The van der Waals surface area contributed by atoms with Crippen LogP contribution in [0.5, 0.6) is 5.75 Å². The molecule has 0 spiro atoms. The van der Waals surface area contributed by atoms with Crippen LogP contribution in [-0.4, -0.2) is 38.9 Å². The van der Waals surface area contributed by atoms with Gasteiger partial charge >= 0.3 is 5.69 Å². The molecule has 4 heterocycles. The first-order valence-corrected chi connectivity index (χ1v) is 9.15. The Labute approximate surface area is 155 Å². The highest BCUT2D eigenvalue weighted by atomic mass is 16.5. The number of nitrogens with zero attached hydrogens (tertiary/aromatic N) is 3. The number of rotatable bonds is 4. The van der Waals surface area contributed by atoms with Gasteiger partial charge in [-0.05, 0) is 56.3 Å². The Morgan fingerprint density at radius 1 is 1.37 bits per heavy atom. The number of ether oxygens (including phenoxy) is 1. The van der Waals surface area contributed by atoms with Crippen LogP contribution < -0.4 is 21.3 Å². The molecule has 1 saturated heterocycles. The highest BCUT2D eigenvalue weighted by Crippen LogP contribution is 2.23. The van der Waals surface area contributed by atoms with Gasteiger partial charge in [-0.2, -0.15) is 5.10 Å². The number of fused-ring (bicyclic) bond motifs is 1. The standard InChI is InChI=1S/C19H23N5O3/c1-12-7-13(3-5-20-12)8-14-4-6-24-15(9-14)16(10-21-24)23-11-17(27-2)18(25)22-19(23)26/h4,6,9-13,20H,3,5,7-8H2,1-2H3,(H,22,25,26)/t12-,13+/m0/s1. The maximum Gasteiger partial charge on any atom is 0.333 e. The Kier molecular flexibility index (Phi) is 4.57. The third kappa shape index (κ3) is 3.40. The van der Waals surface area contributed by atoms with Gasteiger partial charge in [-0.15, -0.1) is 0 Å². The maximum absolute atomic E-state index is 12.3. The molecule has 0 bridgehead atoms. The summed E-state index contributed by atoms with van der Waals surface area (Å²) in [5.74, 6) is 0.722. The molecule has 0 aromatic carbocycles. The Bertz CT molecular complexity index is 1080. The van der Waals surface area contributed by atoms with Crippen molar-refractivity contribution >= 4 is 5.52 Å². The molecule has 0 unspecified atom stereocenters. The van der Waals surface area contributed by atoms with E-state index in [2.05, 4.69) is 34.5 Å². The van der Waals surface area contributed by atoms with Gasteiger partial charge in [-0.25, -0.2) is 9.31 Å². The summed E-state index contributed by atoms with van der Waals surface area (Å²) in [4.78, 5) is 26.3. The van der Waals surface area contributed by atoms with E-state index in [-0.39, 0.29) is 5.75 Å². The maximum atomic E-state index is 12.3. The van der Waals surface area contributed by atoms with E-state index >= 15 is 0 Å². The molecule has 0 radical (unpaired) electrons. The molecule has 0 aliphatic carbocycles. The molecular weight excluding hydrogens is 346 g/mol. The largest absolute Gasteiger partial charge is 0.490 e. The number of methoxy groups -OCH3 is 1. The number of nitrogens with one attached hydrogen (secondary N) is 2. The smallest absolute Gasteiger partial charge is 0.333 e. The molecule has 3 aromatic heterocycles. The minimum absolute atomic E-state index is 0.0776. The number of aromatic amines is 1. The summed E-state index contributed by atoms with van der Waals surface area (Å²) < 4.78 is 8.14. The summed E-state index contributed by atoms with van der Waals surface area (Å²) in [5.41, 5.74) is 1.57. The first kappa shape index (κ1) is 17.5. The second-order valence-electron chi connectivity index (χ2n) is 7.17. The van der Waals surface area contributed by atoms with Crippen LogP contribution in [0.3, 0.4) is 0 Å². The molecule has 3 aromatic rings. The number of hydrogen-bond acceptors (Lipinski definition) is 5. The Morgan fingerprint density at radius 2 is 2.22 bits per heavy atom. The minimum atomic E-state index is -0.545. The monoisotopic (exact) mass is 369 g/mol. The lowest BCUT2D eigenvalue weighted by molar-refractivity contribution is 0.314. The molecule has 1 aliphatic heterocycles. The van der Waals surface area contributed by atoms with Gasteiger partial charge in [0.2, 0.25) is 5.75 Å². The first-order valence-electron chi connectivity index (χ1n) is 9.15. The van der Waals surface area contributed by atoms with Crippen LogP contribution in [0.15, 0.2) is 40.3 Å². The molecule has 1 aliphatic rings. The van der Waals surface area contributed by atoms with Crippen LogP contribution >= 0.6 is 0 Å². The number of hydrogen-bond donors (Lipinski definition) is 2. The normalized spacial score (nSPS) is 20.1. The zero-order valence-electron chi connectivity index (χ0n) is 15.4. The number of H-pyrrole nitrogens is 1. The fourth-order valence-electron chi connectivity index (χ4n) is 3.86. The lowest BCUT2D eigenvalue weighted by atomic mass is 9.88. The summed E-state index contributed by atoms with van der Waals surface area (Å²) in [6.45, 7) is 3.28. The van der Waals surface area contributed by atoms with Crippen LogP contribution in [0.25, 0.3) is 11.2 Å². The first-order chi connectivity index (χ1) is 13.0. The molecule has 2 atom stereocenters. The molecule has 4 rings (SSSR count). The van der Waals surface area contributed by atoms with Gasteiger partial charge < -0.3 is 10.1 Å². The highest BCUT2D eigenvalue weighted by molar-refractivity contribution is 5.64. The third-order valence-electron chi connectivity index (χ3n) is 5.21. The lowest BCUT2D eigenvalue weighted by Crippen LogP contribution is -2.36. The highest BCUT2D eigenvalue weighted by Gasteiger charge is 2.19. The summed E-state index contributed by atoms with van der Waals surface area (Å²) in [5, 5.41) is 7.81. The predicted molar refractivity (Wildman–Crippen MR) is 102 cm³/mol. The van der Waals surface area contributed by atoms with Crippen molar-refractivity contribution in [2.45, 2.75) is 32.2 Å². The van der Waals surface area contributed by atoms with Crippen molar-refractivity contribution in [3.63, 3.8) is 0 Å². The summed E-state index contributed by atoms with van der Waals surface area (Å²) in [7, 11) is 1.40. The summed E-state index contributed by atoms with van der Waals surface area (Å²) in [6, 6.07) is 4.69. The van der Waals surface area contributed by atoms with Gasteiger partial charge in [0.05, 0.1) is 30.7 Å². The van der Waals surface area contributed by atoms with E-state index in [1.54, 1.807) is 10.7 Å². The predicted octanol–water partition coefficient (Wildman–Crippen LogP) is 1.11. The molecule has 8 nitrogen and oxygen atoms in total. The Morgan fingerprint density at radius 3 is 3.00 bits per heavy atom. The van der Waals surface area contributed by atoms with Crippen molar-refractivity contribution in [3.05, 3.63) is 57.1 Å². The van der Waals surface area contributed by atoms with E-state index in [0.29, 0.717) is 17.6 Å². The van der Waals surface area contributed by atoms with Gasteiger partial charge in [0, 0.05) is 12.2 Å². The van der Waals surface area contributed by atoms with Crippen molar-refractivity contribution in [3.8, 4) is 11.4 Å². The van der Waals surface area contributed by atoms with Crippen molar-refractivity contribution in [2.24, 2.45) is 5.92 Å². The lowest BCUT2D eigenvalue weighted by Gasteiger charge is -2.28. The fourth-order valence-corrected chi connectivity index (χ4v) is 3.86. The Balaban J connectivity index is 1.73. The molecule has 0 saturated carbocycles. The van der Waals surface area contributed by atoms with Crippen molar-refractivity contribution < 1.29 is 4.74 Å². The fraction of sp³-hybridized carbons (Fsp3) is 0.421. The average molecular weight is 369 g/mol. The van der Waals surface area contributed by atoms with Gasteiger partial charge in [0.15, 0.2) is 0 Å². The van der Waals surface area contributed by atoms with Crippen LogP contribution in [0.2, 0.25) is 0 Å². The van der Waals surface area contributed by atoms with Crippen LogP contribution in [0, 0.1) is 5.92 Å². The van der Waals surface area contributed by atoms with E-state index < -0.39 is 11.2 Å². The quantitative estimate of drug-likeness (QED) is 0.719. The van der Waals surface area contributed by atoms with Gasteiger partial charge in [0.25, 0.3) is 5.56 Å². The second kappa shape index (κ2) is 7.03. The van der Waals surface area contributed by atoms with Gasteiger partial charge in [-0.3, -0.25) is 14.3 Å². The molecule has 0 amide bonds. The molecule has 8 heteroatoms. The SMILES string of the molecule is COc1cn(-c2cnn3ccc(C[C@@H]4CCN[C@@H](C)C4)cc23)c(=O)[nH]c1=O. The zero-order chi connectivity index (χ0) is 19.0. The van der Waals surface area contributed by atoms with Crippen molar-refractivity contribution in [1.29, 1.82) is 0 Å². The van der Waals surface area contributed by atoms with Crippen LogP contribution in [0.4, 0.5) is 0 Å². The van der Waals surface area contributed by atoms with Crippen LogP contribution in [-0.2, 0) is 6.42 Å². The average Bonchev–Trinajstić information content (AvgIpc) is 3.05. The minimum Gasteiger partial charge on any atom is -0.490 e. The van der Waals surface area contributed by atoms with E-state index in [4.69, 9.17) is 4.74 Å². The van der Waals surface area contributed by atoms with Gasteiger partial charge in [-0.1, -0.05) is 0 Å². The Hall–Kier alpha value is -2.87. The van der Waals surface area contributed by atoms with Crippen molar-refractivity contribution in [1.82, 2.24) is 24.5 Å². The number of pyridine rings is 1. The molecule has 142 valence electrons. The summed E-state index contributed by atoms with van der Waals surface area (Å²) >= 11 is 0. The van der Waals surface area contributed by atoms with Gasteiger partial charge in [0.1, 0.15) is 0 Å². The van der Waals surface area contributed by atoms with E-state index in [9.17, 15) is 9.59 Å². The topological polar surface area (TPSA) is 93.4 Å². The second-order valence-corrected chi connectivity index (χ2v) is 7.17. The van der Waals surface area contributed by atoms with Crippen molar-refractivity contribution in [2.75, 3.05) is 13.7 Å². The molecule has 2 N–H and O–H groups in total. The molecule has 27 heavy (non-hydrogen) atoms. The number of piperidine rings is 1.